The lowest BCUT2D eigenvalue weighted by molar-refractivity contribution is -0.132. The number of Topliss-reactive ketones (excluding diaryl/α,β-unsaturated/α-hetero) is 1. The first-order chi connectivity index (χ1) is 14.4. The highest BCUT2D eigenvalue weighted by atomic mass is 19.2. The number of hydrogen-bond acceptors (Lipinski definition) is 4. The van der Waals surface area contributed by atoms with Crippen LogP contribution in [0, 0.1) is 18.6 Å². The van der Waals surface area contributed by atoms with Crippen molar-refractivity contribution in [2.75, 3.05) is 4.90 Å². The number of ketones is 1. The molecule has 1 atom stereocenters. The van der Waals surface area contributed by atoms with Crippen molar-refractivity contribution in [2.24, 2.45) is 0 Å². The van der Waals surface area contributed by atoms with Crippen LogP contribution in [0.1, 0.15) is 22.7 Å². The van der Waals surface area contributed by atoms with Crippen molar-refractivity contribution >= 4 is 23.1 Å². The zero-order chi connectivity index (χ0) is 21.4. The summed E-state index contributed by atoms with van der Waals surface area (Å²) in [6.07, 6.45) is 2.89. The Morgan fingerprint density at radius 2 is 1.73 bits per heavy atom. The van der Waals surface area contributed by atoms with Crippen molar-refractivity contribution in [2.45, 2.75) is 13.0 Å². The van der Waals surface area contributed by atoms with Crippen LogP contribution in [-0.4, -0.2) is 21.8 Å². The predicted molar refractivity (Wildman–Crippen MR) is 107 cm³/mol. The van der Waals surface area contributed by atoms with Gasteiger partial charge in [0.2, 0.25) is 0 Å². The lowest BCUT2D eigenvalue weighted by Gasteiger charge is -2.25. The van der Waals surface area contributed by atoms with Gasteiger partial charge in [0.05, 0.1) is 11.6 Å². The summed E-state index contributed by atoms with van der Waals surface area (Å²) in [5, 5.41) is 10.9. The van der Waals surface area contributed by atoms with Crippen LogP contribution >= 0.6 is 0 Å². The maximum atomic E-state index is 13.9. The van der Waals surface area contributed by atoms with Crippen LogP contribution in [0.5, 0.6) is 0 Å². The van der Waals surface area contributed by atoms with Gasteiger partial charge in [-0.2, -0.15) is 0 Å². The van der Waals surface area contributed by atoms with E-state index in [1.54, 1.807) is 18.2 Å². The molecule has 30 heavy (non-hydrogen) atoms. The second-order valence-corrected chi connectivity index (χ2v) is 6.92. The number of nitrogens with zero attached hydrogens (tertiary/aromatic N) is 2. The molecule has 1 aliphatic rings. The van der Waals surface area contributed by atoms with E-state index >= 15 is 0 Å². The van der Waals surface area contributed by atoms with Crippen LogP contribution in [0.2, 0.25) is 0 Å². The third kappa shape index (κ3) is 3.24. The molecule has 0 aliphatic carbocycles. The van der Waals surface area contributed by atoms with Gasteiger partial charge in [0.1, 0.15) is 5.76 Å². The number of amides is 1. The Kier molecular flexibility index (Phi) is 4.87. The Morgan fingerprint density at radius 3 is 2.40 bits per heavy atom. The number of hydrogen-bond donors (Lipinski definition) is 1. The molecular weight excluding hydrogens is 390 g/mol. The Bertz CT molecular complexity index is 1190. The van der Waals surface area contributed by atoms with Crippen molar-refractivity contribution < 1.29 is 23.5 Å². The fraction of sp³-hybridized carbons (Fsp3) is 0.0870. The second-order valence-electron chi connectivity index (χ2n) is 6.92. The highest BCUT2D eigenvalue weighted by Gasteiger charge is 2.47. The Morgan fingerprint density at radius 1 is 1.00 bits per heavy atom. The molecule has 1 aliphatic heterocycles. The van der Waals surface area contributed by atoms with E-state index in [0.717, 1.165) is 22.6 Å². The summed E-state index contributed by atoms with van der Waals surface area (Å²) in [7, 11) is 0. The van der Waals surface area contributed by atoms with E-state index in [0.29, 0.717) is 11.1 Å². The van der Waals surface area contributed by atoms with Gasteiger partial charge in [-0.1, -0.05) is 29.8 Å². The van der Waals surface area contributed by atoms with Gasteiger partial charge in [0.25, 0.3) is 11.7 Å². The number of aliphatic hydroxyl groups is 1. The van der Waals surface area contributed by atoms with Crippen LogP contribution in [0.25, 0.3) is 5.76 Å². The fourth-order valence-electron chi connectivity index (χ4n) is 3.55. The van der Waals surface area contributed by atoms with Crippen LogP contribution < -0.4 is 4.90 Å². The fourth-order valence-corrected chi connectivity index (χ4v) is 3.55. The molecule has 1 unspecified atom stereocenters. The number of pyridine rings is 1. The van der Waals surface area contributed by atoms with Gasteiger partial charge in [0, 0.05) is 29.7 Å². The van der Waals surface area contributed by atoms with Crippen molar-refractivity contribution in [1.82, 2.24) is 4.98 Å². The third-order valence-electron chi connectivity index (χ3n) is 4.94. The number of rotatable bonds is 3. The standard InChI is InChI=1S/C23H16F2N2O3/c1-13-3-2-4-15(11-13)20-19(21(28)14-7-9-26-10-8-14)22(29)23(30)27(20)16-5-6-17(24)18(25)12-16/h2-12,20,28H,1H3/b21-19+. The Labute approximate surface area is 170 Å². The molecular formula is C23H16F2N2O3. The summed E-state index contributed by atoms with van der Waals surface area (Å²) < 4.78 is 27.4. The smallest absolute Gasteiger partial charge is 0.300 e. The zero-order valence-corrected chi connectivity index (χ0v) is 15.8. The molecule has 2 aromatic carbocycles. The van der Waals surface area contributed by atoms with Gasteiger partial charge in [-0.25, -0.2) is 8.78 Å². The largest absolute Gasteiger partial charge is 0.507 e. The number of anilines is 1. The van der Waals surface area contributed by atoms with Crippen molar-refractivity contribution in [1.29, 1.82) is 0 Å². The van der Waals surface area contributed by atoms with Gasteiger partial charge < -0.3 is 5.11 Å². The van der Waals surface area contributed by atoms with Crippen LogP contribution in [0.4, 0.5) is 14.5 Å². The quantitative estimate of drug-likeness (QED) is 0.400. The van der Waals surface area contributed by atoms with E-state index < -0.39 is 29.4 Å². The second kappa shape index (κ2) is 7.51. The van der Waals surface area contributed by atoms with E-state index in [9.17, 15) is 23.5 Å². The first-order valence-electron chi connectivity index (χ1n) is 9.11. The summed E-state index contributed by atoms with van der Waals surface area (Å²) in [4.78, 5) is 30.8. The van der Waals surface area contributed by atoms with E-state index in [4.69, 9.17) is 0 Å². The summed E-state index contributed by atoms with van der Waals surface area (Å²) in [5.41, 5.74) is 1.60. The maximum absolute atomic E-state index is 13.9. The molecule has 1 saturated heterocycles. The monoisotopic (exact) mass is 406 g/mol. The minimum Gasteiger partial charge on any atom is -0.507 e. The van der Waals surface area contributed by atoms with Gasteiger partial charge >= 0.3 is 0 Å². The van der Waals surface area contributed by atoms with Crippen LogP contribution in [0.3, 0.4) is 0 Å². The minimum atomic E-state index is -1.15. The highest BCUT2D eigenvalue weighted by molar-refractivity contribution is 6.51. The first kappa shape index (κ1) is 19.4. The first-order valence-corrected chi connectivity index (χ1v) is 9.11. The average molecular weight is 406 g/mol. The molecule has 2 heterocycles. The maximum Gasteiger partial charge on any atom is 0.300 e. The van der Waals surface area contributed by atoms with Crippen LogP contribution in [-0.2, 0) is 9.59 Å². The van der Waals surface area contributed by atoms with Crippen molar-refractivity contribution in [3.63, 3.8) is 0 Å². The van der Waals surface area contributed by atoms with Crippen LogP contribution in [0.15, 0.2) is 72.6 Å². The molecule has 1 N–H and O–H groups in total. The molecule has 150 valence electrons. The molecule has 0 saturated carbocycles. The predicted octanol–water partition coefficient (Wildman–Crippen LogP) is 4.29. The number of benzene rings is 2. The van der Waals surface area contributed by atoms with Gasteiger partial charge in [0.15, 0.2) is 11.6 Å². The molecule has 0 radical (unpaired) electrons. The van der Waals surface area contributed by atoms with Gasteiger partial charge in [-0.05, 0) is 36.8 Å². The number of aryl methyl sites for hydroxylation is 1. The molecule has 0 spiro atoms. The molecule has 3 aromatic rings. The van der Waals surface area contributed by atoms with E-state index in [1.807, 2.05) is 13.0 Å². The van der Waals surface area contributed by atoms with Crippen molar-refractivity contribution in [3.05, 3.63) is 101 Å². The summed E-state index contributed by atoms with van der Waals surface area (Å²) in [5.74, 6) is -4.44. The Balaban J connectivity index is 1.97. The number of carbonyl (C=O) groups excluding carboxylic acids is 2. The van der Waals surface area contributed by atoms with E-state index in [-0.39, 0.29) is 17.0 Å². The zero-order valence-electron chi connectivity index (χ0n) is 15.8. The topological polar surface area (TPSA) is 70.5 Å². The number of halogens is 2. The van der Waals surface area contributed by atoms with Gasteiger partial charge in [-0.3, -0.25) is 19.5 Å². The number of carbonyl (C=O) groups is 2. The lowest BCUT2D eigenvalue weighted by atomic mass is 9.94. The molecule has 1 amide bonds. The SMILES string of the molecule is Cc1cccc(C2/C(=C(\O)c3ccncc3)C(=O)C(=O)N2c2ccc(F)c(F)c2)c1. The molecule has 1 fully saturated rings. The van der Waals surface area contributed by atoms with E-state index in [2.05, 4.69) is 4.98 Å². The summed E-state index contributed by atoms with van der Waals surface area (Å²) in [6.45, 7) is 1.84. The molecule has 1 aromatic heterocycles. The van der Waals surface area contributed by atoms with Gasteiger partial charge in [-0.15, -0.1) is 0 Å². The molecule has 0 bridgehead atoms. The van der Waals surface area contributed by atoms with E-state index in [1.165, 1.54) is 30.6 Å². The number of aliphatic hydroxyl groups excluding tert-OH is 1. The highest BCUT2D eigenvalue weighted by Crippen LogP contribution is 2.42. The normalized spacial score (nSPS) is 18.1. The number of aromatic nitrogens is 1. The Hall–Kier alpha value is -3.87. The lowest BCUT2D eigenvalue weighted by Crippen LogP contribution is -2.29. The molecule has 4 rings (SSSR count). The summed E-state index contributed by atoms with van der Waals surface area (Å²) in [6, 6.07) is 12.0. The minimum absolute atomic E-state index is 0.0104. The molecule has 5 nitrogen and oxygen atoms in total. The summed E-state index contributed by atoms with van der Waals surface area (Å²) >= 11 is 0. The third-order valence-corrected chi connectivity index (χ3v) is 4.94. The molecule has 7 heteroatoms. The van der Waals surface area contributed by atoms with Crippen molar-refractivity contribution in [3.8, 4) is 0 Å². The average Bonchev–Trinajstić information content (AvgIpc) is 3.01.